The molecular formula is C17H17N7O2. The van der Waals surface area contributed by atoms with E-state index in [0.717, 1.165) is 24.8 Å². The molecular weight excluding hydrogens is 334 g/mol. The quantitative estimate of drug-likeness (QED) is 0.704. The number of aromatic nitrogens is 5. The minimum atomic E-state index is -0.389. The number of nitrogen functional groups attached to an aromatic ring is 1. The van der Waals surface area contributed by atoms with Gasteiger partial charge >= 0.3 is 11.8 Å². The lowest BCUT2D eigenvalue weighted by atomic mass is 9.93. The molecule has 9 heteroatoms. The van der Waals surface area contributed by atoms with Crippen LogP contribution in [0.1, 0.15) is 41.3 Å². The first-order chi connectivity index (χ1) is 12.7. The van der Waals surface area contributed by atoms with Crippen LogP contribution in [0.3, 0.4) is 0 Å². The number of hydrogen-bond donors (Lipinski definition) is 2. The zero-order valence-corrected chi connectivity index (χ0v) is 13.9. The summed E-state index contributed by atoms with van der Waals surface area (Å²) in [4.78, 5) is 28.7. The van der Waals surface area contributed by atoms with Crippen molar-refractivity contribution >= 4 is 11.9 Å². The topological polar surface area (TPSA) is 133 Å². The fourth-order valence-electron chi connectivity index (χ4n) is 2.60. The Morgan fingerprint density at radius 2 is 1.92 bits per heavy atom. The zero-order chi connectivity index (χ0) is 17.9. The molecule has 3 aromatic rings. The Labute approximate surface area is 149 Å². The van der Waals surface area contributed by atoms with Crippen LogP contribution in [0.15, 0.2) is 34.9 Å². The van der Waals surface area contributed by atoms with E-state index >= 15 is 0 Å². The van der Waals surface area contributed by atoms with Crippen molar-refractivity contribution in [1.29, 1.82) is 0 Å². The summed E-state index contributed by atoms with van der Waals surface area (Å²) in [5.74, 6) is 0.327. The number of amides is 1. The number of benzene rings is 1. The second kappa shape index (κ2) is 6.87. The number of carbonyl (C=O) groups excluding carboxylic acids is 1. The van der Waals surface area contributed by atoms with Crippen molar-refractivity contribution < 1.29 is 9.32 Å². The standard InChI is InChI=1S/C17H17N7O2/c18-17-21-12(9-10-5-2-1-3-6-10)20-13(23-17)14-22-16(26-24-14)15(25)19-11-7-4-8-11/h1-3,5-6,11H,4,7-9H2,(H,19,25)(H2,18,20,21,23). The molecule has 1 fully saturated rings. The Hall–Kier alpha value is -3.36. The third-order valence-corrected chi connectivity index (χ3v) is 4.16. The van der Waals surface area contributed by atoms with Gasteiger partial charge in [-0.2, -0.15) is 15.0 Å². The van der Waals surface area contributed by atoms with Gasteiger partial charge in [-0.25, -0.2) is 4.98 Å². The fourth-order valence-corrected chi connectivity index (χ4v) is 2.60. The van der Waals surface area contributed by atoms with E-state index in [1.807, 2.05) is 30.3 Å². The van der Waals surface area contributed by atoms with Gasteiger partial charge in [-0.05, 0) is 24.8 Å². The van der Waals surface area contributed by atoms with Crippen LogP contribution >= 0.6 is 0 Å². The van der Waals surface area contributed by atoms with Gasteiger partial charge in [0.1, 0.15) is 5.82 Å². The van der Waals surface area contributed by atoms with E-state index in [0.29, 0.717) is 12.2 Å². The monoisotopic (exact) mass is 351 g/mol. The van der Waals surface area contributed by atoms with Gasteiger partial charge in [0.25, 0.3) is 0 Å². The van der Waals surface area contributed by atoms with Crippen LogP contribution in [0.2, 0.25) is 0 Å². The fraction of sp³-hybridized carbons (Fsp3) is 0.294. The Bertz CT molecular complexity index is 922. The number of hydrogen-bond acceptors (Lipinski definition) is 8. The minimum Gasteiger partial charge on any atom is -0.368 e. The molecule has 0 bridgehead atoms. The second-order valence-corrected chi connectivity index (χ2v) is 6.12. The summed E-state index contributed by atoms with van der Waals surface area (Å²) in [6, 6.07) is 9.93. The first kappa shape index (κ1) is 16.1. The van der Waals surface area contributed by atoms with E-state index in [4.69, 9.17) is 10.3 Å². The smallest absolute Gasteiger partial charge is 0.316 e. The van der Waals surface area contributed by atoms with Crippen molar-refractivity contribution in [2.75, 3.05) is 5.73 Å². The van der Waals surface area contributed by atoms with E-state index in [1.165, 1.54) is 0 Å². The molecule has 2 aromatic heterocycles. The van der Waals surface area contributed by atoms with Crippen LogP contribution in [-0.4, -0.2) is 37.0 Å². The van der Waals surface area contributed by atoms with Crippen molar-refractivity contribution in [3.8, 4) is 11.6 Å². The number of rotatable bonds is 5. The van der Waals surface area contributed by atoms with Gasteiger partial charge in [-0.1, -0.05) is 35.5 Å². The van der Waals surface area contributed by atoms with Crippen LogP contribution in [0, 0.1) is 0 Å². The van der Waals surface area contributed by atoms with Gasteiger partial charge in [-0.3, -0.25) is 4.79 Å². The molecule has 1 amide bonds. The summed E-state index contributed by atoms with van der Waals surface area (Å²) in [6.45, 7) is 0. The van der Waals surface area contributed by atoms with Crippen LogP contribution < -0.4 is 11.1 Å². The van der Waals surface area contributed by atoms with E-state index in [2.05, 4.69) is 30.4 Å². The molecule has 1 saturated carbocycles. The predicted octanol–water partition coefficient (Wildman–Crippen LogP) is 1.38. The molecule has 0 spiro atoms. The summed E-state index contributed by atoms with van der Waals surface area (Å²) in [6.07, 6.45) is 3.56. The van der Waals surface area contributed by atoms with Gasteiger partial charge in [0, 0.05) is 12.5 Å². The average Bonchev–Trinajstić information content (AvgIpc) is 3.09. The maximum atomic E-state index is 12.1. The van der Waals surface area contributed by atoms with Gasteiger partial charge in [0.05, 0.1) is 0 Å². The number of anilines is 1. The normalized spacial score (nSPS) is 14.0. The molecule has 0 unspecified atom stereocenters. The number of nitrogens with zero attached hydrogens (tertiary/aromatic N) is 5. The highest BCUT2D eigenvalue weighted by Gasteiger charge is 2.24. The van der Waals surface area contributed by atoms with Crippen LogP contribution in [0.5, 0.6) is 0 Å². The van der Waals surface area contributed by atoms with Crippen molar-refractivity contribution in [2.45, 2.75) is 31.7 Å². The number of carbonyl (C=O) groups is 1. The van der Waals surface area contributed by atoms with Crippen LogP contribution in [0.25, 0.3) is 11.6 Å². The SMILES string of the molecule is Nc1nc(Cc2ccccc2)nc(-c2noc(C(=O)NC3CCC3)n2)n1. The molecule has 1 aliphatic carbocycles. The minimum absolute atomic E-state index is 0.0613. The molecule has 0 radical (unpaired) electrons. The Morgan fingerprint density at radius 1 is 1.12 bits per heavy atom. The molecule has 132 valence electrons. The maximum Gasteiger partial charge on any atom is 0.316 e. The zero-order valence-electron chi connectivity index (χ0n) is 13.9. The molecule has 0 saturated heterocycles. The van der Waals surface area contributed by atoms with E-state index in [1.54, 1.807) is 0 Å². The third kappa shape index (κ3) is 3.51. The van der Waals surface area contributed by atoms with Crippen molar-refractivity contribution in [3.63, 3.8) is 0 Å². The molecule has 26 heavy (non-hydrogen) atoms. The van der Waals surface area contributed by atoms with Gasteiger partial charge < -0.3 is 15.6 Å². The van der Waals surface area contributed by atoms with Crippen molar-refractivity contribution in [2.24, 2.45) is 0 Å². The average molecular weight is 351 g/mol. The van der Waals surface area contributed by atoms with Gasteiger partial charge in [-0.15, -0.1) is 0 Å². The first-order valence-corrected chi connectivity index (χ1v) is 8.36. The molecule has 0 aliphatic heterocycles. The predicted molar refractivity (Wildman–Crippen MR) is 91.9 cm³/mol. The summed E-state index contributed by atoms with van der Waals surface area (Å²) in [5, 5.41) is 6.63. The van der Waals surface area contributed by atoms with E-state index in [9.17, 15) is 4.79 Å². The van der Waals surface area contributed by atoms with Crippen LogP contribution in [-0.2, 0) is 6.42 Å². The number of nitrogens with two attached hydrogens (primary N) is 1. The Balaban J connectivity index is 1.54. The molecule has 1 aliphatic rings. The summed E-state index contributed by atoms with van der Waals surface area (Å²) in [7, 11) is 0. The van der Waals surface area contributed by atoms with Gasteiger partial charge in [0.15, 0.2) is 0 Å². The van der Waals surface area contributed by atoms with Crippen molar-refractivity contribution in [3.05, 3.63) is 47.6 Å². The molecule has 0 atom stereocenters. The lowest BCUT2D eigenvalue weighted by Gasteiger charge is -2.25. The van der Waals surface area contributed by atoms with E-state index in [-0.39, 0.29) is 35.4 Å². The lowest BCUT2D eigenvalue weighted by molar-refractivity contribution is 0.0872. The second-order valence-electron chi connectivity index (χ2n) is 6.12. The first-order valence-electron chi connectivity index (χ1n) is 8.36. The lowest BCUT2D eigenvalue weighted by Crippen LogP contribution is -2.39. The summed E-state index contributed by atoms with van der Waals surface area (Å²) in [5.41, 5.74) is 6.82. The summed E-state index contributed by atoms with van der Waals surface area (Å²) >= 11 is 0. The maximum absolute atomic E-state index is 12.1. The molecule has 2 heterocycles. The number of nitrogens with one attached hydrogen (secondary N) is 1. The largest absolute Gasteiger partial charge is 0.368 e. The van der Waals surface area contributed by atoms with E-state index < -0.39 is 0 Å². The molecule has 1 aromatic carbocycles. The highest BCUT2D eigenvalue weighted by molar-refractivity contribution is 5.90. The Morgan fingerprint density at radius 3 is 2.65 bits per heavy atom. The molecule has 3 N–H and O–H groups in total. The van der Waals surface area contributed by atoms with Crippen molar-refractivity contribution in [1.82, 2.24) is 30.4 Å². The van der Waals surface area contributed by atoms with Gasteiger partial charge in [0.2, 0.25) is 17.6 Å². The summed E-state index contributed by atoms with van der Waals surface area (Å²) < 4.78 is 5.03. The Kier molecular flexibility index (Phi) is 4.26. The highest BCUT2D eigenvalue weighted by Crippen LogP contribution is 2.19. The van der Waals surface area contributed by atoms with Crippen LogP contribution in [0.4, 0.5) is 5.95 Å². The highest BCUT2D eigenvalue weighted by atomic mass is 16.5. The molecule has 4 rings (SSSR count). The third-order valence-electron chi connectivity index (χ3n) is 4.16. The molecule has 9 nitrogen and oxygen atoms in total.